The number of benzene rings is 1. The number of hydrogen-bond acceptors (Lipinski definition) is 5. The third-order valence-corrected chi connectivity index (χ3v) is 3.80. The van der Waals surface area contributed by atoms with E-state index in [-0.39, 0.29) is 24.2 Å². The number of carbonyl (C=O) groups excluding carboxylic acids is 3. The van der Waals surface area contributed by atoms with E-state index in [1.165, 1.54) is 14.0 Å². The summed E-state index contributed by atoms with van der Waals surface area (Å²) in [5.41, 5.74) is 0.499. The van der Waals surface area contributed by atoms with Gasteiger partial charge in [0.05, 0.1) is 7.11 Å². The molecule has 1 aliphatic rings. The fourth-order valence-corrected chi connectivity index (χ4v) is 2.46. The number of Topliss-reactive ketones (excluding diaryl/α,β-unsaturated/α-hetero) is 1. The van der Waals surface area contributed by atoms with Crippen LogP contribution in [0.4, 0.5) is 0 Å². The van der Waals surface area contributed by atoms with Gasteiger partial charge >= 0.3 is 0 Å². The zero-order chi connectivity index (χ0) is 17.5. The average molecular weight is 334 g/mol. The summed E-state index contributed by atoms with van der Waals surface area (Å²) < 4.78 is 10.6. The second-order valence-electron chi connectivity index (χ2n) is 5.62. The summed E-state index contributed by atoms with van der Waals surface area (Å²) >= 11 is 0. The topological polar surface area (TPSA) is 93.7 Å². The van der Waals surface area contributed by atoms with Gasteiger partial charge in [-0.2, -0.15) is 0 Å². The number of rotatable bonds is 6. The van der Waals surface area contributed by atoms with Gasteiger partial charge in [-0.05, 0) is 44.4 Å². The van der Waals surface area contributed by atoms with E-state index in [1.54, 1.807) is 18.2 Å². The summed E-state index contributed by atoms with van der Waals surface area (Å²) in [7, 11) is 1.46. The number of methoxy groups -OCH3 is 1. The van der Waals surface area contributed by atoms with Gasteiger partial charge in [0.25, 0.3) is 5.91 Å². The number of carbonyl (C=O) groups is 3. The first-order valence-electron chi connectivity index (χ1n) is 7.90. The normalized spacial score (nSPS) is 17.4. The van der Waals surface area contributed by atoms with Gasteiger partial charge in [-0.1, -0.05) is 0 Å². The maximum atomic E-state index is 12.0. The largest absolute Gasteiger partial charge is 0.493 e. The summed E-state index contributed by atoms with van der Waals surface area (Å²) in [5, 5.41) is 5.44. The van der Waals surface area contributed by atoms with E-state index in [0.717, 1.165) is 12.8 Å². The van der Waals surface area contributed by atoms with E-state index in [9.17, 15) is 14.4 Å². The van der Waals surface area contributed by atoms with E-state index in [1.807, 2.05) is 0 Å². The van der Waals surface area contributed by atoms with Crippen LogP contribution < -0.4 is 20.1 Å². The minimum Gasteiger partial charge on any atom is -0.493 e. The van der Waals surface area contributed by atoms with Crippen LogP contribution in [0.2, 0.25) is 0 Å². The Balaban J connectivity index is 1.93. The molecule has 7 nitrogen and oxygen atoms in total. The Morgan fingerprint density at radius 1 is 1.29 bits per heavy atom. The highest BCUT2D eigenvalue weighted by atomic mass is 16.5. The summed E-state index contributed by atoms with van der Waals surface area (Å²) in [6.07, 6.45) is 2.41. The lowest BCUT2D eigenvalue weighted by molar-refractivity contribution is -0.129. The first kappa shape index (κ1) is 17.8. The fraction of sp³-hybridized carbons (Fsp3) is 0.471. The molecule has 1 saturated heterocycles. The molecule has 0 radical (unpaired) electrons. The monoisotopic (exact) mass is 334 g/mol. The summed E-state index contributed by atoms with van der Waals surface area (Å²) in [6, 6.07) is 4.23. The SMILES string of the molecule is COc1cc(C(C)=O)ccc1OCC(=O)N[C@@H]1CCCCNC1=O. The van der Waals surface area contributed by atoms with Crippen molar-refractivity contribution < 1.29 is 23.9 Å². The van der Waals surface area contributed by atoms with E-state index in [2.05, 4.69) is 10.6 Å². The zero-order valence-electron chi connectivity index (χ0n) is 13.9. The minimum atomic E-state index is -0.523. The second-order valence-corrected chi connectivity index (χ2v) is 5.62. The van der Waals surface area contributed by atoms with Crippen LogP contribution in [0.5, 0.6) is 11.5 Å². The number of amides is 2. The van der Waals surface area contributed by atoms with Crippen molar-refractivity contribution in [2.75, 3.05) is 20.3 Å². The molecule has 1 fully saturated rings. The van der Waals surface area contributed by atoms with Crippen LogP contribution in [-0.2, 0) is 9.59 Å². The van der Waals surface area contributed by atoms with Crippen LogP contribution in [0, 0.1) is 0 Å². The van der Waals surface area contributed by atoms with Gasteiger partial charge in [-0.25, -0.2) is 0 Å². The van der Waals surface area contributed by atoms with Gasteiger partial charge in [-0.15, -0.1) is 0 Å². The third-order valence-electron chi connectivity index (χ3n) is 3.80. The number of nitrogens with one attached hydrogen (secondary N) is 2. The van der Waals surface area contributed by atoms with Crippen LogP contribution in [0.1, 0.15) is 36.5 Å². The Morgan fingerprint density at radius 2 is 2.08 bits per heavy atom. The zero-order valence-corrected chi connectivity index (χ0v) is 13.9. The molecule has 2 N–H and O–H groups in total. The molecule has 1 atom stereocenters. The Hall–Kier alpha value is -2.57. The van der Waals surface area contributed by atoms with Crippen LogP contribution in [0.3, 0.4) is 0 Å². The number of ketones is 1. The third kappa shape index (κ3) is 4.71. The van der Waals surface area contributed by atoms with Crippen molar-refractivity contribution in [1.29, 1.82) is 0 Å². The van der Waals surface area contributed by atoms with Crippen LogP contribution in [0.25, 0.3) is 0 Å². The Labute approximate surface area is 140 Å². The van der Waals surface area contributed by atoms with Crippen molar-refractivity contribution >= 4 is 17.6 Å². The Morgan fingerprint density at radius 3 is 2.79 bits per heavy atom. The molecule has 0 saturated carbocycles. The number of ether oxygens (including phenoxy) is 2. The molecular weight excluding hydrogens is 312 g/mol. The van der Waals surface area contributed by atoms with Crippen molar-refractivity contribution in [2.24, 2.45) is 0 Å². The lowest BCUT2D eigenvalue weighted by Crippen LogP contribution is -2.46. The Kier molecular flexibility index (Phi) is 6.17. The standard InChI is InChI=1S/C17H22N2O5/c1-11(20)12-6-7-14(15(9-12)23-2)24-10-16(21)19-13-5-3-4-8-18-17(13)22/h6-7,9,13H,3-5,8,10H2,1-2H3,(H,18,22)(H,19,21)/t13-/m1/s1. The van der Waals surface area contributed by atoms with Crippen molar-refractivity contribution in [3.05, 3.63) is 23.8 Å². The molecule has 0 unspecified atom stereocenters. The maximum absolute atomic E-state index is 12.0. The predicted molar refractivity (Wildman–Crippen MR) is 87.3 cm³/mol. The average Bonchev–Trinajstić information content (AvgIpc) is 2.77. The fourth-order valence-electron chi connectivity index (χ4n) is 2.46. The van der Waals surface area contributed by atoms with E-state index in [4.69, 9.17) is 9.47 Å². The maximum Gasteiger partial charge on any atom is 0.258 e. The summed E-state index contributed by atoms with van der Waals surface area (Å²) in [5.74, 6) is 0.113. The molecule has 1 aliphatic heterocycles. The van der Waals surface area contributed by atoms with Crippen LogP contribution in [-0.4, -0.2) is 43.9 Å². The molecule has 0 bridgehead atoms. The Bertz CT molecular complexity index is 629. The first-order valence-corrected chi connectivity index (χ1v) is 7.90. The highest BCUT2D eigenvalue weighted by molar-refractivity contribution is 5.94. The van der Waals surface area contributed by atoms with Crippen LogP contribution in [0.15, 0.2) is 18.2 Å². The van der Waals surface area contributed by atoms with Gasteiger partial charge in [-0.3, -0.25) is 14.4 Å². The first-order chi connectivity index (χ1) is 11.5. The smallest absolute Gasteiger partial charge is 0.258 e. The van der Waals surface area contributed by atoms with E-state index < -0.39 is 6.04 Å². The van der Waals surface area contributed by atoms with Gasteiger partial charge in [0, 0.05) is 12.1 Å². The van der Waals surface area contributed by atoms with E-state index >= 15 is 0 Å². The van der Waals surface area contributed by atoms with Gasteiger partial charge in [0.15, 0.2) is 23.9 Å². The predicted octanol–water partition coefficient (Wildman–Crippen LogP) is 1.06. The quantitative estimate of drug-likeness (QED) is 0.759. The lowest BCUT2D eigenvalue weighted by Gasteiger charge is -2.16. The number of hydrogen-bond donors (Lipinski definition) is 2. The van der Waals surface area contributed by atoms with Gasteiger partial charge in [0.1, 0.15) is 6.04 Å². The van der Waals surface area contributed by atoms with Crippen molar-refractivity contribution in [3.8, 4) is 11.5 Å². The molecule has 130 valence electrons. The van der Waals surface area contributed by atoms with Crippen molar-refractivity contribution in [3.63, 3.8) is 0 Å². The molecule has 1 aromatic carbocycles. The molecule has 0 aromatic heterocycles. The molecule has 1 heterocycles. The molecule has 1 aromatic rings. The molecule has 0 aliphatic carbocycles. The van der Waals surface area contributed by atoms with E-state index in [0.29, 0.717) is 30.0 Å². The van der Waals surface area contributed by atoms with Crippen LogP contribution >= 0.6 is 0 Å². The summed E-state index contributed by atoms with van der Waals surface area (Å²) in [4.78, 5) is 35.2. The van der Waals surface area contributed by atoms with Crippen molar-refractivity contribution in [2.45, 2.75) is 32.2 Å². The molecular formula is C17H22N2O5. The molecule has 7 heteroatoms. The van der Waals surface area contributed by atoms with Gasteiger partial charge < -0.3 is 20.1 Å². The molecule has 2 rings (SSSR count). The lowest BCUT2D eigenvalue weighted by atomic mass is 10.1. The van der Waals surface area contributed by atoms with Gasteiger partial charge in [0.2, 0.25) is 5.91 Å². The second kappa shape index (κ2) is 8.33. The minimum absolute atomic E-state index is 0.0861. The highest BCUT2D eigenvalue weighted by Gasteiger charge is 2.22. The molecule has 0 spiro atoms. The van der Waals surface area contributed by atoms with Crippen molar-refractivity contribution in [1.82, 2.24) is 10.6 Å². The molecule has 2 amide bonds. The molecule has 24 heavy (non-hydrogen) atoms. The summed E-state index contributed by atoms with van der Waals surface area (Å²) in [6.45, 7) is 1.86. The highest BCUT2D eigenvalue weighted by Crippen LogP contribution is 2.28.